The predicted molar refractivity (Wildman–Crippen MR) is 132 cm³/mol. The third kappa shape index (κ3) is 3.26. The molecule has 0 saturated heterocycles. The topological polar surface area (TPSA) is 38.7 Å². The van der Waals surface area contributed by atoms with Crippen LogP contribution in [-0.2, 0) is 24.0 Å². The Kier molecular flexibility index (Phi) is 4.69. The van der Waals surface area contributed by atoms with E-state index in [0.29, 0.717) is 0 Å². The lowest BCUT2D eigenvalue weighted by molar-refractivity contribution is -0.00946. The summed E-state index contributed by atoms with van der Waals surface area (Å²) in [4.78, 5) is 18.3. The molecule has 8 rings (SSSR count). The molecule has 4 fully saturated rings. The van der Waals surface area contributed by atoms with Gasteiger partial charge in [-0.1, -0.05) is 24.8 Å². The molecular weight excluding hydrogens is 430 g/mol. The number of aryl methyl sites for hydroxylation is 1. The van der Waals surface area contributed by atoms with Gasteiger partial charge >= 0.3 is 0 Å². The smallest absolute Gasteiger partial charge is 0.137 e. The first-order valence-corrected chi connectivity index (χ1v) is 14.3. The predicted octanol–water partition coefficient (Wildman–Crippen LogP) is 6.97. The van der Waals surface area contributed by atoms with Crippen molar-refractivity contribution in [2.75, 3.05) is 0 Å². The van der Waals surface area contributed by atoms with Gasteiger partial charge in [0.2, 0.25) is 0 Å². The molecule has 1 atom stereocenters. The number of aromatic nitrogens is 3. The van der Waals surface area contributed by atoms with E-state index in [2.05, 4.69) is 24.0 Å². The van der Waals surface area contributed by atoms with Gasteiger partial charge in [-0.05, 0) is 99.2 Å². The molecule has 3 aromatic rings. The van der Waals surface area contributed by atoms with Crippen molar-refractivity contribution in [1.29, 1.82) is 0 Å². The Hall–Kier alpha value is -1.46. The fourth-order valence-electron chi connectivity index (χ4n) is 7.66. The van der Waals surface area contributed by atoms with Crippen molar-refractivity contribution < 1.29 is 0 Å². The van der Waals surface area contributed by atoms with E-state index in [1.165, 1.54) is 78.9 Å². The second-order valence-electron chi connectivity index (χ2n) is 11.2. The van der Waals surface area contributed by atoms with Gasteiger partial charge in [0.15, 0.2) is 0 Å². The molecule has 0 aromatic carbocycles. The highest BCUT2D eigenvalue weighted by Gasteiger charge is 2.53. The van der Waals surface area contributed by atoms with E-state index in [1.807, 2.05) is 35.4 Å². The van der Waals surface area contributed by atoms with E-state index in [0.717, 1.165) is 35.1 Å². The minimum atomic E-state index is 0.251. The van der Waals surface area contributed by atoms with Gasteiger partial charge in [0, 0.05) is 27.6 Å². The minimum absolute atomic E-state index is 0.251. The molecule has 5 heteroatoms. The van der Waals surface area contributed by atoms with Crippen molar-refractivity contribution in [2.45, 2.75) is 80.9 Å². The Labute approximate surface area is 198 Å². The highest BCUT2D eigenvalue weighted by molar-refractivity contribution is 7.98. The van der Waals surface area contributed by atoms with Gasteiger partial charge in [0.05, 0.1) is 5.69 Å². The van der Waals surface area contributed by atoms with Crippen molar-refractivity contribution in [1.82, 2.24) is 15.0 Å². The molecule has 0 radical (unpaired) electrons. The Morgan fingerprint density at radius 3 is 2.56 bits per heavy atom. The van der Waals surface area contributed by atoms with Crippen molar-refractivity contribution in [3.8, 4) is 0 Å². The second kappa shape index (κ2) is 7.53. The lowest BCUT2D eigenvalue weighted by atomic mass is 9.49. The molecule has 1 unspecified atom stereocenters. The maximum atomic E-state index is 5.44. The van der Waals surface area contributed by atoms with E-state index in [9.17, 15) is 0 Å². The molecule has 3 heterocycles. The Bertz CT molecular complexity index is 1130. The normalized spacial score (nSPS) is 33.0. The SMILES string of the molecule is CC1CCc2c(sc3nc(C45CC6CC(CC(C6)C4)C5)nc(SCc4ccccn4)c23)C1. The summed E-state index contributed by atoms with van der Waals surface area (Å²) in [6.07, 6.45) is 14.0. The van der Waals surface area contributed by atoms with Gasteiger partial charge in [0.25, 0.3) is 0 Å². The highest BCUT2D eigenvalue weighted by atomic mass is 32.2. The number of thioether (sulfide) groups is 1. The molecule has 3 aromatic heterocycles. The Balaban J connectivity index is 1.34. The second-order valence-corrected chi connectivity index (χ2v) is 13.2. The van der Waals surface area contributed by atoms with Crippen LogP contribution >= 0.6 is 23.1 Å². The van der Waals surface area contributed by atoms with E-state index in [-0.39, 0.29) is 5.41 Å². The Morgan fingerprint density at radius 1 is 1.06 bits per heavy atom. The van der Waals surface area contributed by atoms with Gasteiger partial charge in [-0.15, -0.1) is 11.3 Å². The lowest BCUT2D eigenvalue weighted by Crippen LogP contribution is -2.49. The number of pyridine rings is 1. The van der Waals surface area contributed by atoms with E-state index >= 15 is 0 Å². The van der Waals surface area contributed by atoms with Gasteiger partial charge in [-0.2, -0.15) is 0 Å². The maximum absolute atomic E-state index is 5.44. The molecule has 0 N–H and O–H groups in total. The van der Waals surface area contributed by atoms with E-state index in [1.54, 1.807) is 10.4 Å². The van der Waals surface area contributed by atoms with Crippen LogP contribution in [0.1, 0.15) is 73.8 Å². The fraction of sp³-hybridized carbons (Fsp3) is 0.593. The Morgan fingerprint density at radius 2 is 1.84 bits per heavy atom. The summed E-state index contributed by atoms with van der Waals surface area (Å²) in [5.41, 5.74) is 2.95. The maximum Gasteiger partial charge on any atom is 0.137 e. The molecule has 4 bridgehead atoms. The molecular formula is C27H31N3S2. The van der Waals surface area contributed by atoms with Crippen molar-refractivity contribution in [3.05, 3.63) is 46.4 Å². The average molecular weight is 462 g/mol. The molecule has 0 aliphatic heterocycles. The van der Waals surface area contributed by atoms with Crippen LogP contribution in [-0.4, -0.2) is 15.0 Å². The molecule has 0 spiro atoms. The number of thiophene rings is 1. The van der Waals surface area contributed by atoms with Gasteiger partial charge in [-0.25, -0.2) is 9.97 Å². The first kappa shape index (κ1) is 20.0. The largest absolute Gasteiger partial charge is 0.260 e. The van der Waals surface area contributed by atoms with Gasteiger partial charge in [-0.3, -0.25) is 4.98 Å². The quantitative estimate of drug-likeness (QED) is 0.311. The zero-order valence-corrected chi connectivity index (χ0v) is 20.5. The van der Waals surface area contributed by atoms with E-state index in [4.69, 9.17) is 9.97 Å². The summed E-state index contributed by atoms with van der Waals surface area (Å²) < 4.78 is 0. The third-order valence-electron chi connectivity index (χ3n) is 8.72. The molecule has 5 aliphatic rings. The van der Waals surface area contributed by atoms with Crippen LogP contribution in [0, 0.1) is 23.7 Å². The number of nitrogens with zero attached hydrogens (tertiary/aromatic N) is 3. The van der Waals surface area contributed by atoms with Gasteiger partial charge < -0.3 is 0 Å². The van der Waals surface area contributed by atoms with Crippen LogP contribution in [0.5, 0.6) is 0 Å². The summed E-state index contributed by atoms with van der Waals surface area (Å²) in [6, 6.07) is 6.22. The van der Waals surface area contributed by atoms with Crippen molar-refractivity contribution >= 4 is 33.3 Å². The summed E-state index contributed by atoms with van der Waals surface area (Å²) in [6.45, 7) is 2.40. The van der Waals surface area contributed by atoms with Crippen LogP contribution in [0.3, 0.4) is 0 Å². The zero-order chi connectivity index (χ0) is 21.3. The molecule has 166 valence electrons. The summed E-state index contributed by atoms with van der Waals surface area (Å²) >= 11 is 3.87. The number of hydrogen-bond acceptors (Lipinski definition) is 5. The average Bonchev–Trinajstić information content (AvgIpc) is 3.15. The van der Waals surface area contributed by atoms with Crippen molar-refractivity contribution in [2.24, 2.45) is 23.7 Å². The molecule has 5 aliphatic carbocycles. The first-order chi connectivity index (χ1) is 15.6. The molecule has 3 nitrogen and oxygen atoms in total. The van der Waals surface area contributed by atoms with Crippen molar-refractivity contribution in [3.63, 3.8) is 0 Å². The molecule has 4 saturated carbocycles. The minimum Gasteiger partial charge on any atom is -0.260 e. The number of hydrogen-bond donors (Lipinski definition) is 0. The monoisotopic (exact) mass is 461 g/mol. The van der Waals surface area contributed by atoms with Crippen LogP contribution in [0.15, 0.2) is 29.4 Å². The standard InChI is InChI=1S/C27H31N3S2/c1-16-5-6-21-22(8-16)32-25-23(21)24(31-15-20-4-2-3-7-28-20)29-26(30-25)27-12-17-9-18(13-27)11-19(10-17)14-27/h2-4,7,16-19H,5-6,8-15H2,1H3. The number of rotatable bonds is 4. The summed E-state index contributed by atoms with van der Waals surface area (Å²) in [5, 5.41) is 2.62. The summed E-state index contributed by atoms with van der Waals surface area (Å²) in [7, 11) is 0. The van der Waals surface area contributed by atoms with Crippen LogP contribution in [0.25, 0.3) is 10.2 Å². The molecule has 32 heavy (non-hydrogen) atoms. The highest BCUT2D eigenvalue weighted by Crippen LogP contribution is 2.60. The van der Waals surface area contributed by atoms with Gasteiger partial charge in [0.1, 0.15) is 15.7 Å². The third-order valence-corrected chi connectivity index (χ3v) is 10.9. The van der Waals surface area contributed by atoms with Crippen LogP contribution in [0.4, 0.5) is 0 Å². The van der Waals surface area contributed by atoms with E-state index < -0.39 is 0 Å². The number of fused-ring (bicyclic) bond motifs is 3. The lowest BCUT2D eigenvalue weighted by Gasteiger charge is -2.56. The first-order valence-electron chi connectivity index (χ1n) is 12.5. The fourth-order valence-corrected chi connectivity index (χ4v) is 10.1. The van der Waals surface area contributed by atoms with Crippen LogP contribution in [0.2, 0.25) is 0 Å². The molecule has 0 amide bonds. The van der Waals surface area contributed by atoms with Crippen LogP contribution < -0.4 is 0 Å². The summed E-state index contributed by atoms with van der Waals surface area (Å²) in [5.74, 6) is 5.62. The zero-order valence-electron chi connectivity index (χ0n) is 18.8.